The van der Waals surface area contributed by atoms with Crippen LogP contribution in [0.3, 0.4) is 0 Å². The molecule has 0 saturated carbocycles. The molecule has 0 saturated heterocycles. The molecule has 32 heavy (non-hydrogen) atoms. The standard InChI is InChI=1S/C24H23FN4O3/c1-4-32-24(31)17-12-26-21-19-16(9-10-28(3)23(19)30)13(2)11-18-20(21)22(17)29(27-18)15-7-5-14(25)6-8-15/h5-11,17,22,27H,4,12H2,1-3H3. The molecule has 2 aromatic rings. The number of ether oxygens (including phenoxy) is 1. The summed E-state index contributed by atoms with van der Waals surface area (Å²) in [6, 6.07) is 7.53. The third-order valence-electron chi connectivity index (χ3n) is 6.17. The van der Waals surface area contributed by atoms with Crippen molar-refractivity contribution < 1.29 is 13.9 Å². The Morgan fingerprint density at radius 1 is 1.28 bits per heavy atom. The Morgan fingerprint density at radius 3 is 2.75 bits per heavy atom. The minimum Gasteiger partial charge on any atom is -0.466 e. The highest BCUT2D eigenvalue weighted by Gasteiger charge is 2.48. The van der Waals surface area contributed by atoms with Crippen LogP contribution in [0.25, 0.3) is 5.57 Å². The molecule has 2 atom stereocenters. The van der Waals surface area contributed by atoms with Gasteiger partial charge in [0, 0.05) is 18.8 Å². The SMILES string of the molecule is CCOC(=O)C1CN=C2C3=C(C=C(C)c4ccn(C)c(=O)c42)NN(c2ccc(F)cc2)C31. The number of carbonyl (C=O) groups is 1. The van der Waals surface area contributed by atoms with Crippen LogP contribution in [0.15, 0.2) is 63.7 Å². The van der Waals surface area contributed by atoms with E-state index < -0.39 is 12.0 Å². The van der Waals surface area contributed by atoms with Crippen LogP contribution in [-0.2, 0) is 16.6 Å². The number of allylic oxidation sites excluding steroid dienone is 2. The first-order chi connectivity index (χ1) is 15.4. The zero-order chi connectivity index (χ0) is 22.6. The topological polar surface area (TPSA) is 75.9 Å². The second-order valence-electron chi connectivity index (χ2n) is 8.13. The molecule has 2 aliphatic heterocycles. The van der Waals surface area contributed by atoms with E-state index >= 15 is 0 Å². The zero-order valence-electron chi connectivity index (χ0n) is 18.1. The molecule has 1 aliphatic carbocycles. The number of hydrazine groups is 1. The Morgan fingerprint density at radius 2 is 2.03 bits per heavy atom. The number of aryl methyl sites for hydroxylation is 1. The summed E-state index contributed by atoms with van der Waals surface area (Å²) >= 11 is 0. The van der Waals surface area contributed by atoms with Gasteiger partial charge in [0.15, 0.2) is 0 Å². The average molecular weight is 434 g/mol. The molecule has 0 amide bonds. The quantitative estimate of drug-likeness (QED) is 0.752. The van der Waals surface area contributed by atoms with Gasteiger partial charge in [0.25, 0.3) is 5.56 Å². The monoisotopic (exact) mass is 434 g/mol. The second kappa shape index (κ2) is 7.47. The van der Waals surface area contributed by atoms with Crippen LogP contribution in [0.1, 0.15) is 25.0 Å². The summed E-state index contributed by atoms with van der Waals surface area (Å²) in [5.74, 6) is -1.27. The lowest BCUT2D eigenvalue weighted by Gasteiger charge is -2.35. The van der Waals surface area contributed by atoms with E-state index in [2.05, 4.69) is 5.43 Å². The predicted molar refractivity (Wildman–Crippen MR) is 120 cm³/mol. The number of nitrogens with zero attached hydrogens (tertiary/aromatic N) is 3. The van der Waals surface area contributed by atoms with Crippen molar-refractivity contribution in [2.45, 2.75) is 19.9 Å². The van der Waals surface area contributed by atoms with Crippen molar-refractivity contribution in [3.63, 3.8) is 0 Å². The molecule has 0 spiro atoms. The maximum absolute atomic E-state index is 13.6. The fourth-order valence-corrected chi connectivity index (χ4v) is 4.66. The maximum atomic E-state index is 13.6. The minimum atomic E-state index is -0.577. The number of halogens is 1. The molecular weight excluding hydrogens is 411 g/mol. The summed E-state index contributed by atoms with van der Waals surface area (Å²) in [5.41, 5.74) is 8.35. The highest BCUT2D eigenvalue weighted by molar-refractivity contribution is 6.19. The number of nitrogens with one attached hydrogen (secondary N) is 1. The number of pyridine rings is 1. The van der Waals surface area contributed by atoms with Gasteiger partial charge in [-0.25, -0.2) is 4.39 Å². The molecule has 0 bridgehead atoms. The normalized spacial score (nSPS) is 21.2. The van der Waals surface area contributed by atoms with E-state index in [4.69, 9.17) is 9.73 Å². The summed E-state index contributed by atoms with van der Waals surface area (Å²) in [5, 5.41) is 1.85. The highest BCUT2D eigenvalue weighted by Crippen LogP contribution is 2.40. The molecule has 164 valence electrons. The van der Waals surface area contributed by atoms with Crippen molar-refractivity contribution in [2.24, 2.45) is 18.0 Å². The molecule has 1 aromatic heterocycles. The molecule has 5 rings (SSSR count). The van der Waals surface area contributed by atoms with Gasteiger partial charge in [-0.3, -0.25) is 25.0 Å². The summed E-state index contributed by atoms with van der Waals surface area (Å²) < 4.78 is 20.5. The van der Waals surface area contributed by atoms with E-state index in [0.717, 1.165) is 22.4 Å². The Hall–Kier alpha value is -3.68. The molecule has 7 nitrogen and oxygen atoms in total. The van der Waals surface area contributed by atoms with Crippen molar-refractivity contribution >= 4 is 22.9 Å². The van der Waals surface area contributed by atoms with Crippen LogP contribution >= 0.6 is 0 Å². The third-order valence-corrected chi connectivity index (χ3v) is 6.17. The van der Waals surface area contributed by atoms with Gasteiger partial charge in [0.05, 0.1) is 41.9 Å². The van der Waals surface area contributed by atoms with Crippen molar-refractivity contribution in [1.82, 2.24) is 9.99 Å². The second-order valence-corrected chi connectivity index (χ2v) is 8.13. The Balaban J connectivity index is 1.72. The first-order valence-corrected chi connectivity index (χ1v) is 10.6. The van der Waals surface area contributed by atoms with Gasteiger partial charge in [-0.2, -0.15) is 0 Å². The Labute approximate surface area is 184 Å². The van der Waals surface area contributed by atoms with Crippen molar-refractivity contribution in [3.8, 4) is 0 Å². The fourth-order valence-electron chi connectivity index (χ4n) is 4.66. The van der Waals surface area contributed by atoms with Gasteiger partial charge >= 0.3 is 5.97 Å². The molecule has 3 aliphatic rings. The number of aliphatic imine (C=N–C) groups is 1. The van der Waals surface area contributed by atoms with Crippen LogP contribution in [-0.4, -0.2) is 35.4 Å². The molecule has 1 N–H and O–H groups in total. The van der Waals surface area contributed by atoms with Crippen LogP contribution in [0, 0.1) is 11.7 Å². The molecule has 8 heteroatoms. The number of hydrogen-bond acceptors (Lipinski definition) is 6. The number of benzene rings is 1. The smallest absolute Gasteiger partial charge is 0.313 e. The van der Waals surface area contributed by atoms with E-state index in [1.807, 2.05) is 24.1 Å². The molecule has 1 aromatic carbocycles. The fraction of sp³-hybridized carbons (Fsp3) is 0.292. The maximum Gasteiger partial charge on any atom is 0.313 e. The largest absolute Gasteiger partial charge is 0.466 e. The van der Waals surface area contributed by atoms with Gasteiger partial charge in [0.1, 0.15) is 11.7 Å². The van der Waals surface area contributed by atoms with Gasteiger partial charge in [-0.1, -0.05) is 0 Å². The van der Waals surface area contributed by atoms with Gasteiger partial charge in [-0.05, 0) is 61.4 Å². The Kier molecular flexibility index (Phi) is 4.73. The van der Waals surface area contributed by atoms with E-state index in [1.54, 1.807) is 32.3 Å². The molecule has 3 heterocycles. The van der Waals surface area contributed by atoms with Crippen LogP contribution in [0.5, 0.6) is 0 Å². The Bertz CT molecular complexity index is 1270. The summed E-state index contributed by atoms with van der Waals surface area (Å²) in [7, 11) is 1.71. The average Bonchev–Trinajstić information content (AvgIpc) is 3.09. The lowest BCUT2D eigenvalue weighted by Crippen LogP contribution is -2.50. The van der Waals surface area contributed by atoms with Crippen LogP contribution < -0.4 is 16.0 Å². The first kappa shape index (κ1) is 20.2. The van der Waals surface area contributed by atoms with Crippen LogP contribution in [0.4, 0.5) is 10.1 Å². The van der Waals surface area contributed by atoms with E-state index in [-0.39, 0.29) is 30.5 Å². The number of esters is 1. The number of rotatable bonds is 3. The molecule has 0 fully saturated rings. The predicted octanol–water partition coefficient (Wildman–Crippen LogP) is 2.57. The third kappa shape index (κ3) is 2.97. The lowest BCUT2D eigenvalue weighted by atomic mass is 9.84. The van der Waals surface area contributed by atoms with E-state index in [1.165, 1.54) is 16.7 Å². The van der Waals surface area contributed by atoms with Gasteiger partial charge in [-0.15, -0.1) is 0 Å². The van der Waals surface area contributed by atoms with Crippen molar-refractivity contribution in [3.05, 3.63) is 81.2 Å². The zero-order valence-corrected chi connectivity index (χ0v) is 18.1. The minimum absolute atomic E-state index is 0.142. The summed E-state index contributed by atoms with van der Waals surface area (Å²) in [6.07, 6.45) is 3.72. The van der Waals surface area contributed by atoms with Gasteiger partial charge in [0.2, 0.25) is 0 Å². The molecule has 0 radical (unpaired) electrons. The van der Waals surface area contributed by atoms with Crippen molar-refractivity contribution in [2.75, 3.05) is 18.2 Å². The highest BCUT2D eigenvalue weighted by atomic mass is 19.1. The number of anilines is 1. The summed E-state index contributed by atoms with van der Waals surface area (Å²) in [4.78, 5) is 30.8. The van der Waals surface area contributed by atoms with E-state index in [0.29, 0.717) is 17.0 Å². The van der Waals surface area contributed by atoms with E-state index in [9.17, 15) is 14.0 Å². The number of hydrogen-bond donors (Lipinski definition) is 1. The first-order valence-electron chi connectivity index (χ1n) is 10.6. The summed E-state index contributed by atoms with van der Waals surface area (Å²) in [6.45, 7) is 4.16. The van der Waals surface area contributed by atoms with Gasteiger partial charge < -0.3 is 9.30 Å². The van der Waals surface area contributed by atoms with Crippen LogP contribution in [0.2, 0.25) is 0 Å². The number of aromatic nitrogens is 1. The molecule has 2 unspecified atom stereocenters. The number of carbonyl (C=O) groups excluding carboxylic acids is 1. The number of fused-ring (bicyclic) bond motifs is 2. The molecular formula is C24H23FN4O3. The lowest BCUT2D eigenvalue weighted by molar-refractivity contribution is -0.148. The van der Waals surface area contributed by atoms with Crippen molar-refractivity contribution in [1.29, 1.82) is 0 Å².